The van der Waals surface area contributed by atoms with Crippen molar-refractivity contribution in [2.75, 3.05) is 37.1 Å². The highest BCUT2D eigenvalue weighted by molar-refractivity contribution is 9.10. The number of rotatable bonds is 5. The van der Waals surface area contributed by atoms with Crippen molar-refractivity contribution >= 4 is 37.5 Å². The van der Waals surface area contributed by atoms with Crippen molar-refractivity contribution in [3.8, 4) is 0 Å². The van der Waals surface area contributed by atoms with Crippen LogP contribution in [0.15, 0.2) is 28.7 Å². The van der Waals surface area contributed by atoms with Gasteiger partial charge in [0.2, 0.25) is 0 Å². The van der Waals surface area contributed by atoms with E-state index < -0.39 is 9.84 Å². The molecule has 0 aliphatic carbocycles. The third-order valence-corrected chi connectivity index (χ3v) is 5.82. The largest absolute Gasteiger partial charge is 0.383 e. The average molecular weight is 391 g/mol. The monoisotopic (exact) mass is 390 g/mol. The minimum atomic E-state index is -3.05. The van der Waals surface area contributed by atoms with Gasteiger partial charge in [-0.2, -0.15) is 0 Å². The molecule has 1 fully saturated rings. The zero-order valence-electron chi connectivity index (χ0n) is 12.3. The molecule has 1 saturated heterocycles. The Balaban J connectivity index is 2.07. The topological polar surface area (TPSA) is 75.7 Å². The summed E-state index contributed by atoms with van der Waals surface area (Å²) >= 11 is 3.33. The minimum Gasteiger partial charge on any atom is -0.383 e. The lowest BCUT2D eigenvalue weighted by molar-refractivity contribution is 0.140. The third-order valence-electron chi connectivity index (χ3n) is 3.54. The molecule has 22 heavy (non-hydrogen) atoms. The van der Waals surface area contributed by atoms with E-state index in [0.717, 1.165) is 4.47 Å². The number of amides is 2. The first kappa shape index (κ1) is 17.2. The van der Waals surface area contributed by atoms with E-state index in [1.165, 1.54) is 0 Å². The first-order chi connectivity index (χ1) is 10.4. The molecule has 1 atom stereocenters. The molecule has 1 aromatic carbocycles. The van der Waals surface area contributed by atoms with Gasteiger partial charge in [0.25, 0.3) is 0 Å². The number of methoxy groups -OCH3 is 1. The standard InChI is InChI=1S/C14H19BrN2O4S/c1-21-8-7-17(13-6-9-22(19,20)10-13)14(18)16-12-4-2-11(15)3-5-12/h2-5,13H,6-10H2,1H3,(H,16,18)/t13-/m0/s1. The van der Waals surface area contributed by atoms with E-state index in [4.69, 9.17) is 4.74 Å². The number of anilines is 1. The number of halogens is 1. The maximum Gasteiger partial charge on any atom is 0.322 e. The molecule has 0 spiro atoms. The van der Waals surface area contributed by atoms with Gasteiger partial charge in [0, 0.05) is 29.9 Å². The summed E-state index contributed by atoms with van der Waals surface area (Å²) in [5.41, 5.74) is 0.663. The van der Waals surface area contributed by atoms with Crippen LogP contribution in [0.2, 0.25) is 0 Å². The molecule has 122 valence electrons. The highest BCUT2D eigenvalue weighted by atomic mass is 79.9. The van der Waals surface area contributed by atoms with Gasteiger partial charge in [-0.25, -0.2) is 13.2 Å². The number of carbonyl (C=O) groups excluding carboxylic acids is 1. The summed E-state index contributed by atoms with van der Waals surface area (Å²) in [4.78, 5) is 14.0. The summed E-state index contributed by atoms with van der Waals surface area (Å²) in [7, 11) is -1.49. The van der Waals surface area contributed by atoms with E-state index in [9.17, 15) is 13.2 Å². The lowest BCUT2D eigenvalue weighted by Gasteiger charge is -2.28. The Bertz CT molecular complexity index is 618. The van der Waals surface area contributed by atoms with E-state index >= 15 is 0 Å². The Hall–Kier alpha value is -1.12. The lowest BCUT2D eigenvalue weighted by atomic mass is 10.2. The third kappa shape index (κ3) is 4.69. The SMILES string of the molecule is COCCN(C(=O)Nc1ccc(Br)cc1)[C@H]1CCS(=O)(=O)C1. The molecular formula is C14H19BrN2O4S. The minimum absolute atomic E-state index is 0.0183. The predicted octanol–water partition coefficient (Wildman–Crippen LogP) is 2.12. The summed E-state index contributed by atoms with van der Waals surface area (Å²) < 4.78 is 29.2. The molecule has 0 unspecified atom stereocenters. The van der Waals surface area contributed by atoms with Crippen LogP contribution >= 0.6 is 15.9 Å². The molecule has 0 saturated carbocycles. The highest BCUT2D eigenvalue weighted by Crippen LogP contribution is 2.20. The van der Waals surface area contributed by atoms with Crippen molar-refractivity contribution in [2.45, 2.75) is 12.5 Å². The van der Waals surface area contributed by atoms with E-state index in [-0.39, 0.29) is 23.6 Å². The summed E-state index contributed by atoms with van der Waals surface area (Å²) in [5.74, 6) is 0.150. The van der Waals surface area contributed by atoms with Gasteiger partial charge in [-0.05, 0) is 30.7 Å². The molecule has 8 heteroatoms. The fraction of sp³-hybridized carbons (Fsp3) is 0.500. The van der Waals surface area contributed by atoms with Crippen molar-refractivity contribution in [1.29, 1.82) is 0 Å². The van der Waals surface area contributed by atoms with Crippen LogP contribution in [-0.4, -0.2) is 57.2 Å². The number of benzene rings is 1. The van der Waals surface area contributed by atoms with E-state index in [2.05, 4.69) is 21.2 Å². The fourth-order valence-corrected chi connectivity index (χ4v) is 4.38. The molecule has 1 heterocycles. The number of nitrogens with one attached hydrogen (secondary N) is 1. The van der Waals surface area contributed by atoms with Crippen LogP contribution in [0.3, 0.4) is 0 Å². The number of urea groups is 1. The second-order valence-electron chi connectivity index (χ2n) is 5.18. The Morgan fingerprint density at radius 1 is 1.41 bits per heavy atom. The summed E-state index contributed by atoms with van der Waals surface area (Å²) in [6, 6.07) is 6.62. The number of ether oxygens (including phenoxy) is 1. The Morgan fingerprint density at radius 2 is 2.09 bits per heavy atom. The maximum atomic E-state index is 12.5. The molecule has 0 bridgehead atoms. The van der Waals surface area contributed by atoms with Gasteiger partial charge < -0.3 is 15.0 Å². The maximum absolute atomic E-state index is 12.5. The highest BCUT2D eigenvalue weighted by Gasteiger charge is 2.34. The average Bonchev–Trinajstić information content (AvgIpc) is 2.82. The Labute approximate surface area is 138 Å². The van der Waals surface area contributed by atoms with Crippen molar-refractivity contribution in [3.05, 3.63) is 28.7 Å². The first-order valence-corrected chi connectivity index (χ1v) is 9.55. The summed E-state index contributed by atoms with van der Waals surface area (Å²) in [6.45, 7) is 0.726. The van der Waals surface area contributed by atoms with E-state index in [1.54, 1.807) is 24.1 Å². The van der Waals surface area contributed by atoms with Crippen LogP contribution in [-0.2, 0) is 14.6 Å². The summed E-state index contributed by atoms with van der Waals surface area (Å²) in [5, 5.41) is 2.80. The summed E-state index contributed by atoms with van der Waals surface area (Å²) in [6.07, 6.45) is 0.472. The normalized spacial score (nSPS) is 19.8. The van der Waals surface area contributed by atoms with Crippen LogP contribution in [0.25, 0.3) is 0 Å². The second kappa shape index (κ2) is 7.43. The zero-order valence-corrected chi connectivity index (χ0v) is 14.7. The van der Waals surface area contributed by atoms with Gasteiger partial charge in [0.05, 0.1) is 18.1 Å². The van der Waals surface area contributed by atoms with Gasteiger partial charge in [-0.3, -0.25) is 0 Å². The molecule has 0 aromatic heterocycles. The Kier molecular flexibility index (Phi) is 5.82. The number of nitrogens with zero attached hydrogens (tertiary/aromatic N) is 1. The smallest absolute Gasteiger partial charge is 0.322 e. The van der Waals surface area contributed by atoms with Crippen LogP contribution in [0.4, 0.5) is 10.5 Å². The van der Waals surface area contributed by atoms with Crippen molar-refractivity contribution < 1.29 is 17.9 Å². The van der Waals surface area contributed by atoms with Gasteiger partial charge in [-0.1, -0.05) is 15.9 Å². The molecule has 2 rings (SSSR count). The predicted molar refractivity (Wildman–Crippen MR) is 88.8 cm³/mol. The molecule has 6 nitrogen and oxygen atoms in total. The number of sulfone groups is 1. The van der Waals surface area contributed by atoms with Gasteiger partial charge >= 0.3 is 6.03 Å². The van der Waals surface area contributed by atoms with Crippen molar-refractivity contribution in [3.63, 3.8) is 0 Å². The van der Waals surface area contributed by atoms with Crippen LogP contribution in [0.1, 0.15) is 6.42 Å². The zero-order chi connectivity index (χ0) is 16.2. The van der Waals surface area contributed by atoms with E-state index in [0.29, 0.717) is 25.3 Å². The molecule has 0 radical (unpaired) electrons. The molecule has 1 N–H and O–H groups in total. The quantitative estimate of drug-likeness (QED) is 0.835. The number of hydrogen-bond donors (Lipinski definition) is 1. The Morgan fingerprint density at radius 3 is 2.64 bits per heavy atom. The van der Waals surface area contributed by atoms with Crippen LogP contribution in [0, 0.1) is 0 Å². The fourth-order valence-electron chi connectivity index (χ4n) is 2.39. The first-order valence-electron chi connectivity index (χ1n) is 6.94. The van der Waals surface area contributed by atoms with Crippen LogP contribution < -0.4 is 5.32 Å². The van der Waals surface area contributed by atoms with Gasteiger partial charge in [0.15, 0.2) is 9.84 Å². The molecule has 2 amide bonds. The van der Waals surface area contributed by atoms with E-state index in [1.807, 2.05) is 12.1 Å². The van der Waals surface area contributed by atoms with Crippen molar-refractivity contribution in [2.24, 2.45) is 0 Å². The molecule has 1 aromatic rings. The second-order valence-corrected chi connectivity index (χ2v) is 8.32. The number of hydrogen-bond acceptors (Lipinski definition) is 4. The lowest BCUT2D eigenvalue weighted by Crippen LogP contribution is -2.45. The van der Waals surface area contributed by atoms with Crippen molar-refractivity contribution in [1.82, 2.24) is 4.90 Å². The molecule has 1 aliphatic rings. The number of carbonyl (C=O) groups is 1. The van der Waals surface area contributed by atoms with Gasteiger partial charge in [0.1, 0.15) is 0 Å². The molecular weight excluding hydrogens is 372 g/mol. The van der Waals surface area contributed by atoms with Gasteiger partial charge in [-0.15, -0.1) is 0 Å². The molecule has 1 aliphatic heterocycles. The van der Waals surface area contributed by atoms with Crippen LogP contribution in [0.5, 0.6) is 0 Å².